The van der Waals surface area contributed by atoms with Gasteiger partial charge >= 0.3 is 16.5 Å². The fraction of sp³-hybridized carbons (Fsp3) is 1.00. The van der Waals surface area contributed by atoms with Gasteiger partial charge in [0.15, 0.2) is 0 Å². The van der Waals surface area contributed by atoms with E-state index in [2.05, 4.69) is 4.31 Å². The van der Waals surface area contributed by atoms with Crippen LogP contribution in [0.1, 0.15) is 0 Å². The van der Waals surface area contributed by atoms with E-state index in [4.69, 9.17) is 14.9 Å². The zero-order chi connectivity index (χ0) is 7.86. The van der Waals surface area contributed by atoms with Crippen molar-refractivity contribution in [2.75, 3.05) is 7.11 Å². The first-order chi connectivity index (χ1) is 4.13. The molecule has 0 saturated heterocycles. The van der Waals surface area contributed by atoms with E-state index in [0.717, 1.165) is 7.11 Å². The largest absolute Gasteiger partial charge is 0.400 e. The first-order valence-corrected chi connectivity index (χ1v) is 4.24. The van der Waals surface area contributed by atoms with Crippen molar-refractivity contribution in [1.29, 1.82) is 0 Å². The van der Waals surface area contributed by atoms with Gasteiger partial charge in [0, 0.05) is 7.11 Å². The SMILES string of the molecule is CO.O=[PH](O)O[PH](=O)O. The lowest BCUT2D eigenvalue weighted by atomic mass is 11.8. The number of hydrogen-bond donors (Lipinski definition) is 3. The average molecular weight is 178 g/mol. The summed E-state index contributed by atoms with van der Waals surface area (Å²) >= 11 is 0. The molecule has 0 radical (unpaired) electrons. The van der Waals surface area contributed by atoms with Gasteiger partial charge in [-0.1, -0.05) is 0 Å². The second-order valence-electron chi connectivity index (χ2n) is 0.634. The second kappa shape index (κ2) is 8.30. The summed E-state index contributed by atoms with van der Waals surface area (Å²) in [5, 5.41) is 7.00. The number of aliphatic hydroxyl groups excluding tert-OH is 1. The molecule has 2 unspecified atom stereocenters. The topological polar surface area (TPSA) is 104 Å². The minimum Gasteiger partial charge on any atom is -0.400 e. The Morgan fingerprint density at radius 3 is 1.33 bits per heavy atom. The van der Waals surface area contributed by atoms with Gasteiger partial charge in [-0.2, -0.15) is 0 Å². The van der Waals surface area contributed by atoms with Crippen LogP contribution >= 0.6 is 16.5 Å². The number of hydrogen-bond acceptors (Lipinski definition) is 4. The van der Waals surface area contributed by atoms with Gasteiger partial charge in [-0.05, 0) is 0 Å². The van der Waals surface area contributed by atoms with Gasteiger partial charge in [0.25, 0.3) is 0 Å². The first kappa shape index (κ1) is 12.0. The molecule has 2 atom stereocenters. The van der Waals surface area contributed by atoms with Crippen LogP contribution in [0.5, 0.6) is 0 Å². The van der Waals surface area contributed by atoms with Crippen LogP contribution in [0.3, 0.4) is 0 Å². The molecule has 0 aliphatic heterocycles. The van der Waals surface area contributed by atoms with Gasteiger partial charge in [0.1, 0.15) is 0 Å². The molecule has 0 aromatic heterocycles. The molecule has 8 heteroatoms. The molecule has 3 N–H and O–H groups in total. The molecule has 0 aromatic carbocycles. The molecule has 0 fully saturated rings. The highest BCUT2D eigenvalue weighted by molar-refractivity contribution is 7.46. The van der Waals surface area contributed by atoms with Gasteiger partial charge in [-0.15, -0.1) is 0 Å². The average Bonchev–Trinajstić information content (AvgIpc) is 1.68. The molecular formula is CH8O6P2. The van der Waals surface area contributed by atoms with Crippen LogP contribution in [0.2, 0.25) is 0 Å². The van der Waals surface area contributed by atoms with Crippen molar-refractivity contribution >= 4 is 16.5 Å². The van der Waals surface area contributed by atoms with Gasteiger partial charge in [-0.3, -0.25) is 9.13 Å². The molecule has 0 saturated carbocycles. The summed E-state index contributed by atoms with van der Waals surface area (Å²) in [6.45, 7) is 0. The van der Waals surface area contributed by atoms with Crippen molar-refractivity contribution in [3.8, 4) is 0 Å². The third-order valence-electron chi connectivity index (χ3n) is 0.175. The van der Waals surface area contributed by atoms with Crippen molar-refractivity contribution in [2.45, 2.75) is 0 Å². The third kappa shape index (κ3) is 17.8. The minimum absolute atomic E-state index is 1.00. The maximum Gasteiger partial charge on any atom is 0.323 e. The molecule has 0 aromatic rings. The highest BCUT2D eigenvalue weighted by atomic mass is 31.2. The normalized spacial score (nSPS) is 15.1. The molecule has 6 nitrogen and oxygen atoms in total. The summed E-state index contributed by atoms with van der Waals surface area (Å²) in [5.41, 5.74) is 0. The van der Waals surface area contributed by atoms with Gasteiger partial charge in [0.2, 0.25) is 0 Å². The van der Waals surface area contributed by atoms with E-state index >= 15 is 0 Å². The summed E-state index contributed by atoms with van der Waals surface area (Å²) in [7, 11) is -5.40. The second-order valence-corrected chi connectivity index (χ2v) is 2.51. The van der Waals surface area contributed by atoms with Crippen LogP contribution in [-0.4, -0.2) is 22.0 Å². The van der Waals surface area contributed by atoms with Gasteiger partial charge < -0.3 is 14.9 Å². The Kier molecular flexibility index (Phi) is 11.1. The first-order valence-electron chi connectivity index (χ1n) is 1.71. The number of rotatable bonds is 2. The van der Waals surface area contributed by atoms with Crippen LogP contribution in [0, 0.1) is 0 Å². The van der Waals surface area contributed by atoms with E-state index in [-0.39, 0.29) is 0 Å². The van der Waals surface area contributed by atoms with Crippen molar-refractivity contribution in [3.05, 3.63) is 0 Å². The third-order valence-corrected chi connectivity index (χ3v) is 1.57. The number of aliphatic hydroxyl groups is 1. The zero-order valence-electron chi connectivity index (χ0n) is 4.57. The Bertz CT molecular complexity index is 87.2. The zero-order valence-corrected chi connectivity index (χ0v) is 6.57. The predicted octanol–water partition coefficient (Wildman–Crippen LogP) is -0.625. The maximum atomic E-state index is 9.44. The minimum atomic E-state index is -3.20. The van der Waals surface area contributed by atoms with Crippen LogP contribution < -0.4 is 0 Å². The molecule has 0 heterocycles. The molecular weight excluding hydrogens is 170 g/mol. The highest BCUT2D eigenvalue weighted by Gasteiger charge is 1.93. The molecule has 58 valence electrons. The van der Waals surface area contributed by atoms with Crippen LogP contribution in [-0.2, 0) is 13.4 Å². The molecule has 0 aliphatic carbocycles. The van der Waals surface area contributed by atoms with Crippen molar-refractivity contribution in [3.63, 3.8) is 0 Å². The van der Waals surface area contributed by atoms with E-state index in [0.29, 0.717) is 0 Å². The highest BCUT2D eigenvalue weighted by Crippen LogP contribution is 2.30. The Hall–Kier alpha value is 0.300. The van der Waals surface area contributed by atoms with Crippen molar-refractivity contribution < 1.29 is 28.3 Å². The van der Waals surface area contributed by atoms with E-state index < -0.39 is 16.5 Å². The molecule has 0 bridgehead atoms. The lowest BCUT2D eigenvalue weighted by Crippen LogP contribution is -1.58. The smallest absolute Gasteiger partial charge is 0.323 e. The fourth-order valence-electron chi connectivity index (χ4n) is 0.0747. The quantitative estimate of drug-likeness (QED) is 0.486. The molecule has 0 spiro atoms. The van der Waals surface area contributed by atoms with Gasteiger partial charge in [0.05, 0.1) is 0 Å². The Balaban J connectivity index is 0. The summed E-state index contributed by atoms with van der Waals surface area (Å²) in [6, 6.07) is 0. The fourth-order valence-corrected chi connectivity index (χ4v) is 0.672. The van der Waals surface area contributed by atoms with E-state index in [9.17, 15) is 9.13 Å². The van der Waals surface area contributed by atoms with Crippen molar-refractivity contribution in [2.24, 2.45) is 0 Å². The van der Waals surface area contributed by atoms with Crippen LogP contribution in [0.15, 0.2) is 0 Å². The predicted molar refractivity (Wildman–Crippen MR) is 31.7 cm³/mol. The van der Waals surface area contributed by atoms with E-state index in [1.54, 1.807) is 0 Å². The molecule has 0 aliphatic rings. The lowest BCUT2D eigenvalue weighted by molar-refractivity contribution is 0.371. The van der Waals surface area contributed by atoms with Gasteiger partial charge in [-0.25, -0.2) is 4.31 Å². The Labute approximate surface area is 53.0 Å². The summed E-state index contributed by atoms with van der Waals surface area (Å²) < 4.78 is 22.3. The lowest BCUT2D eigenvalue weighted by Gasteiger charge is -1.86. The summed E-state index contributed by atoms with van der Waals surface area (Å²) in [4.78, 5) is 15.4. The van der Waals surface area contributed by atoms with E-state index in [1.165, 1.54) is 0 Å². The Morgan fingerprint density at radius 2 is 1.33 bits per heavy atom. The van der Waals surface area contributed by atoms with Crippen LogP contribution in [0.25, 0.3) is 0 Å². The molecule has 9 heavy (non-hydrogen) atoms. The summed E-state index contributed by atoms with van der Waals surface area (Å²) in [6.07, 6.45) is 0. The van der Waals surface area contributed by atoms with E-state index in [1.807, 2.05) is 0 Å². The monoisotopic (exact) mass is 178 g/mol. The summed E-state index contributed by atoms with van der Waals surface area (Å²) in [5.74, 6) is 0. The maximum absolute atomic E-state index is 9.44. The van der Waals surface area contributed by atoms with Crippen LogP contribution in [0.4, 0.5) is 0 Å². The molecule has 0 amide bonds. The Morgan fingerprint density at radius 1 is 1.11 bits per heavy atom. The standard InChI is InChI=1S/CH4O.H4O5P2/c1-2;1-6(2)5-7(3)4/h2H,1H3;6-7H,(H,1,2)(H,3,4). The van der Waals surface area contributed by atoms with Crippen molar-refractivity contribution in [1.82, 2.24) is 0 Å². The molecule has 0 rings (SSSR count).